The highest BCUT2D eigenvalue weighted by Gasteiger charge is 2.12. The Morgan fingerprint density at radius 1 is 1.35 bits per heavy atom. The van der Waals surface area contributed by atoms with E-state index in [0.29, 0.717) is 10.8 Å². The van der Waals surface area contributed by atoms with Crippen molar-refractivity contribution in [2.45, 2.75) is 0 Å². The van der Waals surface area contributed by atoms with Crippen molar-refractivity contribution >= 4 is 28.5 Å². The zero-order valence-electron chi connectivity index (χ0n) is 11.7. The maximum atomic E-state index is 12.0. The van der Waals surface area contributed by atoms with Crippen LogP contribution in [0.25, 0.3) is 11.8 Å². The molecule has 3 aromatic rings. The Bertz CT molecular complexity index is 876. The molecule has 0 aliphatic rings. The van der Waals surface area contributed by atoms with E-state index in [4.69, 9.17) is 5.26 Å². The zero-order valence-corrected chi connectivity index (χ0v) is 12.6. The third-order valence-electron chi connectivity index (χ3n) is 2.81. The van der Waals surface area contributed by atoms with E-state index >= 15 is 0 Å². The second kappa shape index (κ2) is 6.64. The third-order valence-corrected chi connectivity index (χ3v) is 3.50. The number of nitriles is 1. The number of carbonyl (C=O) groups excluding carboxylic acids is 1. The van der Waals surface area contributed by atoms with E-state index in [2.05, 4.69) is 20.5 Å². The number of benzene rings is 1. The number of nitrogens with zero attached hydrogens (tertiary/aromatic N) is 5. The van der Waals surface area contributed by atoms with Crippen molar-refractivity contribution in [3.8, 4) is 11.8 Å². The van der Waals surface area contributed by atoms with E-state index in [0.717, 1.165) is 5.69 Å². The number of aromatic nitrogens is 4. The highest BCUT2D eigenvalue weighted by Crippen LogP contribution is 2.13. The van der Waals surface area contributed by atoms with Gasteiger partial charge in [-0.05, 0) is 18.2 Å². The molecule has 0 aliphatic carbocycles. The summed E-state index contributed by atoms with van der Waals surface area (Å²) in [4.78, 5) is 17.4. The fourth-order valence-corrected chi connectivity index (χ4v) is 2.30. The molecule has 0 unspecified atom stereocenters. The van der Waals surface area contributed by atoms with Gasteiger partial charge in [0.15, 0.2) is 5.13 Å². The van der Waals surface area contributed by atoms with Gasteiger partial charge in [0.25, 0.3) is 5.91 Å². The molecule has 0 bridgehead atoms. The molecule has 8 heteroatoms. The van der Waals surface area contributed by atoms with Crippen LogP contribution in [0, 0.1) is 11.3 Å². The van der Waals surface area contributed by atoms with Gasteiger partial charge in [-0.15, -0.1) is 16.4 Å². The van der Waals surface area contributed by atoms with E-state index in [-0.39, 0.29) is 5.57 Å². The molecule has 2 heterocycles. The monoisotopic (exact) mass is 322 g/mol. The second-order valence-corrected chi connectivity index (χ2v) is 5.25. The van der Waals surface area contributed by atoms with Gasteiger partial charge in [-0.1, -0.05) is 18.2 Å². The van der Waals surface area contributed by atoms with Crippen LogP contribution in [0.5, 0.6) is 0 Å². The fraction of sp³-hybridized carbons (Fsp3) is 0. The van der Waals surface area contributed by atoms with Gasteiger partial charge in [0, 0.05) is 11.6 Å². The largest absolute Gasteiger partial charge is 0.297 e. The summed E-state index contributed by atoms with van der Waals surface area (Å²) in [5.41, 5.74) is 1.14. The Kier molecular flexibility index (Phi) is 4.22. The Morgan fingerprint density at radius 2 is 2.17 bits per heavy atom. The summed E-state index contributed by atoms with van der Waals surface area (Å²) in [5.74, 6) is -0.531. The summed E-state index contributed by atoms with van der Waals surface area (Å²) >= 11 is 1.28. The van der Waals surface area contributed by atoms with E-state index < -0.39 is 5.91 Å². The highest BCUT2D eigenvalue weighted by atomic mass is 32.1. The number of hydrogen-bond acceptors (Lipinski definition) is 6. The van der Waals surface area contributed by atoms with E-state index in [1.54, 1.807) is 11.6 Å². The summed E-state index contributed by atoms with van der Waals surface area (Å²) < 4.78 is 0. The molecular formula is C15H10N6OS. The minimum atomic E-state index is -0.531. The van der Waals surface area contributed by atoms with Gasteiger partial charge in [0.2, 0.25) is 0 Å². The lowest BCUT2D eigenvalue weighted by Gasteiger charge is -1.99. The quantitative estimate of drug-likeness (QED) is 0.587. The Hall–Kier alpha value is -3.31. The minimum Gasteiger partial charge on any atom is -0.297 e. The van der Waals surface area contributed by atoms with Crippen molar-refractivity contribution in [2.24, 2.45) is 0 Å². The lowest BCUT2D eigenvalue weighted by atomic mass is 10.2. The molecule has 23 heavy (non-hydrogen) atoms. The van der Waals surface area contributed by atoms with Crippen LogP contribution >= 0.6 is 11.3 Å². The first-order valence-electron chi connectivity index (χ1n) is 6.56. The second-order valence-electron chi connectivity index (χ2n) is 4.36. The van der Waals surface area contributed by atoms with Crippen LogP contribution < -0.4 is 5.32 Å². The maximum Gasteiger partial charge on any atom is 0.268 e. The number of amides is 1. The predicted octanol–water partition coefficient (Wildman–Crippen LogP) is 2.27. The first-order chi connectivity index (χ1) is 11.3. The molecule has 3 rings (SSSR count). The number of anilines is 1. The van der Waals surface area contributed by atoms with Crippen molar-refractivity contribution in [3.05, 3.63) is 59.4 Å². The van der Waals surface area contributed by atoms with Crippen molar-refractivity contribution in [2.75, 3.05) is 5.32 Å². The molecule has 1 N–H and O–H groups in total. The summed E-state index contributed by atoms with van der Waals surface area (Å²) in [6.07, 6.45) is 4.44. The zero-order chi connectivity index (χ0) is 16.1. The Labute approximate surface area is 135 Å². The molecule has 1 amide bonds. The number of para-hydroxylation sites is 1. The first-order valence-corrected chi connectivity index (χ1v) is 7.44. The number of carbonyl (C=O) groups is 1. The first kappa shape index (κ1) is 14.6. The van der Waals surface area contributed by atoms with E-state index in [1.807, 2.05) is 36.4 Å². The average Bonchev–Trinajstić information content (AvgIpc) is 3.25. The van der Waals surface area contributed by atoms with Crippen LogP contribution in [0.1, 0.15) is 5.69 Å². The van der Waals surface area contributed by atoms with Crippen LogP contribution in [-0.4, -0.2) is 25.9 Å². The molecule has 0 fully saturated rings. The molecule has 112 valence electrons. The predicted molar refractivity (Wildman–Crippen MR) is 85.7 cm³/mol. The van der Waals surface area contributed by atoms with Crippen molar-refractivity contribution in [1.82, 2.24) is 20.0 Å². The third kappa shape index (κ3) is 3.48. The van der Waals surface area contributed by atoms with Crippen molar-refractivity contribution in [3.63, 3.8) is 0 Å². The van der Waals surface area contributed by atoms with Crippen LogP contribution in [0.4, 0.5) is 5.13 Å². The van der Waals surface area contributed by atoms with Gasteiger partial charge in [0.1, 0.15) is 17.3 Å². The number of nitrogens with one attached hydrogen (secondary N) is 1. The summed E-state index contributed by atoms with van der Waals surface area (Å²) in [5, 5.41) is 22.2. The van der Waals surface area contributed by atoms with Gasteiger partial charge >= 0.3 is 0 Å². The molecule has 2 aromatic heterocycles. The van der Waals surface area contributed by atoms with Gasteiger partial charge in [-0.2, -0.15) is 15.2 Å². The van der Waals surface area contributed by atoms with Crippen molar-refractivity contribution in [1.29, 1.82) is 5.26 Å². The molecule has 0 saturated carbocycles. The number of rotatable bonds is 4. The highest BCUT2D eigenvalue weighted by molar-refractivity contribution is 7.13. The molecule has 0 saturated heterocycles. The molecule has 1 aromatic carbocycles. The molecule has 0 spiro atoms. The fourth-order valence-electron chi connectivity index (χ4n) is 1.77. The summed E-state index contributed by atoms with van der Waals surface area (Å²) in [6, 6.07) is 11.2. The van der Waals surface area contributed by atoms with Gasteiger partial charge < -0.3 is 0 Å². The van der Waals surface area contributed by atoms with Crippen LogP contribution in [0.3, 0.4) is 0 Å². The minimum absolute atomic E-state index is 0.0692. The van der Waals surface area contributed by atoms with Gasteiger partial charge in [0.05, 0.1) is 11.9 Å². The molecular weight excluding hydrogens is 312 g/mol. The number of thiazole rings is 1. The lowest BCUT2D eigenvalue weighted by Crippen LogP contribution is -2.13. The average molecular weight is 322 g/mol. The molecule has 0 atom stereocenters. The standard InChI is InChI=1S/C15H10N6OS/c16-9-11(14(22)19-15-17-6-7-23-15)8-12-10-18-21(20-12)13-4-2-1-3-5-13/h1-8,10H,(H,17,19,22). The van der Waals surface area contributed by atoms with Crippen molar-refractivity contribution < 1.29 is 4.79 Å². The topological polar surface area (TPSA) is 96.5 Å². The Balaban J connectivity index is 1.80. The molecule has 7 nitrogen and oxygen atoms in total. The van der Waals surface area contributed by atoms with Gasteiger partial charge in [-0.25, -0.2) is 4.98 Å². The van der Waals surface area contributed by atoms with Crippen LogP contribution in [0.2, 0.25) is 0 Å². The molecule has 0 radical (unpaired) electrons. The normalized spacial score (nSPS) is 11.0. The van der Waals surface area contributed by atoms with Gasteiger partial charge in [-0.3, -0.25) is 10.1 Å². The summed E-state index contributed by atoms with van der Waals surface area (Å²) in [6.45, 7) is 0. The Morgan fingerprint density at radius 3 is 2.87 bits per heavy atom. The summed E-state index contributed by atoms with van der Waals surface area (Å²) in [7, 11) is 0. The smallest absolute Gasteiger partial charge is 0.268 e. The van der Waals surface area contributed by atoms with Crippen LogP contribution in [0.15, 0.2) is 53.7 Å². The molecule has 0 aliphatic heterocycles. The van der Waals surface area contributed by atoms with E-state index in [9.17, 15) is 4.79 Å². The van der Waals surface area contributed by atoms with E-state index in [1.165, 1.54) is 28.4 Å². The lowest BCUT2D eigenvalue weighted by molar-refractivity contribution is -0.112. The number of hydrogen-bond donors (Lipinski definition) is 1. The SMILES string of the molecule is N#CC(=Cc1cnn(-c2ccccc2)n1)C(=O)Nc1nccs1. The maximum absolute atomic E-state index is 12.0. The van der Waals surface area contributed by atoms with Crippen LogP contribution in [-0.2, 0) is 4.79 Å².